The number of aromatic carboxylic acids is 1. The first-order chi connectivity index (χ1) is 16.1. The van der Waals surface area contributed by atoms with E-state index in [1.807, 2.05) is 60.7 Å². The van der Waals surface area contributed by atoms with E-state index in [2.05, 4.69) is 11.9 Å². The normalized spacial score (nSPS) is 10.8. The highest BCUT2D eigenvalue weighted by Crippen LogP contribution is 2.27. The van der Waals surface area contributed by atoms with Crippen LogP contribution in [0.1, 0.15) is 41.4 Å². The van der Waals surface area contributed by atoms with Crippen molar-refractivity contribution in [2.45, 2.75) is 32.7 Å². The summed E-state index contributed by atoms with van der Waals surface area (Å²) in [6.45, 7) is 2.57. The van der Waals surface area contributed by atoms with Gasteiger partial charge in [0.25, 0.3) is 5.56 Å². The molecular weight excluding hydrogens is 412 g/mol. The minimum Gasteiger partial charge on any atom is -0.478 e. The second kappa shape index (κ2) is 10.1. The molecule has 0 unspecified atom stereocenters. The van der Waals surface area contributed by atoms with Gasteiger partial charge in [0.1, 0.15) is 0 Å². The molecule has 0 aliphatic carbocycles. The molecule has 1 N–H and O–H groups in total. The average Bonchev–Trinajstić information content (AvgIpc) is 2.85. The van der Waals surface area contributed by atoms with E-state index in [0.29, 0.717) is 17.7 Å². The van der Waals surface area contributed by atoms with Crippen LogP contribution in [0.25, 0.3) is 22.3 Å². The van der Waals surface area contributed by atoms with Gasteiger partial charge < -0.3 is 5.11 Å². The zero-order chi connectivity index (χ0) is 23.2. The van der Waals surface area contributed by atoms with Crippen LogP contribution in [-0.2, 0) is 13.0 Å². The van der Waals surface area contributed by atoms with Gasteiger partial charge in [0.2, 0.25) is 0 Å². The molecule has 0 aliphatic heterocycles. The van der Waals surface area contributed by atoms with Crippen LogP contribution in [-0.4, -0.2) is 20.6 Å². The third-order valence-electron chi connectivity index (χ3n) is 5.72. The molecule has 3 aromatic carbocycles. The monoisotopic (exact) mass is 438 g/mol. The summed E-state index contributed by atoms with van der Waals surface area (Å²) >= 11 is 0. The standard InChI is InChI=1S/C28H26N2O3/c1-2-3-13-25-26(27(31)30(19-29-25)18-20-9-5-4-6-10-20)22-16-14-21(15-17-22)23-11-7-8-12-24(23)28(32)33/h4-12,14-17,19H,2-3,13,18H2,1H3,(H,32,33). The van der Waals surface area contributed by atoms with Gasteiger partial charge in [0.15, 0.2) is 0 Å². The highest BCUT2D eigenvalue weighted by Gasteiger charge is 2.16. The number of carboxylic acids is 1. The fraction of sp³-hybridized carbons (Fsp3) is 0.179. The molecule has 0 bridgehead atoms. The SMILES string of the molecule is CCCCc1ncn(Cc2ccccc2)c(=O)c1-c1ccc(-c2ccccc2C(=O)O)cc1. The van der Waals surface area contributed by atoms with E-state index in [1.165, 1.54) is 0 Å². The molecule has 0 saturated heterocycles. The number of carboxylic acid groups (broad SMARTS) is 1. The number of hydrogen-bond donors (Lipinski definition) is 1. The smallest absolute Gasteiger partial charge is 0.336 e. The molecule has 166 valence electrons. The van der Waals surface area contributed by atoms with Crippen LogP contribution in [0.2, 0.25) is 0 Å². The summed E-state index contributed by atoms with van der Waals surface area (Å²) in [5, 5.41) is 9.51. The molecule has 0 atom stereocenters. The van der Waals surface area contributed by atoms with Gasteiger partial charge in [-0.1, -0.05) is 86.1 Å². The first-order valence-electron chi connectivity index (χ1n) is 11.1. The highest BCUT2D eigenvalue weighted by molar-refractivity contribution is 5.96. The van der Waals surface area contributed by atoms with Gasteiger partial charge in [-0.3, -0.25) is 9.36 Å². The topological polar surface area (TPSA) is 72.2 Å². The Morgan fingerprint density at radius 2 is 1.58 bits per heavy atom. The molecule has 0 spiro atoms. The second-order valence-corrected chi connectivity index (χ2v) is 8.02. The molecule has 5 nitrogen and oxygen atoms in total. The average molecular weight is 439 g/mol. The van der Waals surface area contributed by atoms with Crippen molar-refractivity contribution < 1.29 is 9.90 Å². The van der Waals surface area contributed by atoms with Gasteiger partial charge in [0.05, 0.1) is 29.7 Å². The number of carbonyl (C=O) groups is 1. The maximum atomic E-state index is 13.5. The Kier molecular flexibility index (Phi) is 6.79. The summed E-state index contributed by atoms with van der Waals surface area (Å²) in [5.74, 6) is -0.965. The van der Waals surface area contributed by atoms with E-state index in [1.54, 1.807) is 29.1 Å². The fourth-order valence-electron chi connectivity index (χ4n) is 3.98. The number of nitrogens with zero attached hydrogens (tertiary/aromatic N) is 2. The summed E-state index contributed by atoms with van der Waals surface area (Å²) in [4.78, 5) is 29.8. The van der Waals surface area contributed by atoms with E-state index in [9.17, 15) is 14.7 Å². The lowest BCUT2D eigenvalue weighted by atomic mass is 9.96. The van der Waals surface area contributed by atoms with Crippen LogP contribution >= 0.6 is 0 Å². The summed E-state index contributed by atoms with van der Waals surface area (Å²) < 4.78 is 1.65. The third kappa shape index (κ3) is 4.93. The van der Waals surface area contributed by atoms with Crippen molar-refractivity contribution in [2.24, 2.45) is 0 Å². The molecule has 0 radical (unpaired) electrons. The number of unbranched alkanes of at least 4 members (excludes halogenated alkanes) is 1. The first-order valence-corrected chi connectivity index (χ1v) is 11.1. The molecule has 4 aromatic rings. The Bertz CT molecular complexity index is 1310. The maximum absolute atomic E-state index is 13.5. The van der Waals surface area contributed by atoms with Gasteiger partial charge in [-0.25, -0.2) is 9.78 Å². The lowest BCUT2D eigenvalue weighted by Crippen LogP contribution is -2.24. The number of aromatic nitrogens is 2. The second-order valence-electron chi connectivity index (χ2n) is 8.02. The predicted molar refractivity (Wildman–Crippen MR) is 130 cm³/mol. The molecule has 1 heterocycles. The van der Waals surface area contributed by atoms with Crippen molar-refractivity contribution in [3.8, 4) is 22.3 Å². The minimum atomic E-state index is -0.965. The summed E-state index contributed by atoms with van der Waals surface area (Å²) in [7, 11) is 0. The van der Waals surface area contributed by atoms with Crippen LogP contribution in [0, 0.1) is 0 Å². The van der Waals surface area contributed by atoms with Crippen LogP contribution < -0.4 is 5.56 Å². The van der Waals surface area contributed by atoms with Crippen molar-refractivity contribution >= 4 is 5.97 Å². The number of rotatable bonds is 8. The van der Waals surface area contributed by atoms with Crippen molar-refractivity contribution in [1.82, 2.24) is 9.55 Å². The van der Waals surface area contributed by atoms with E-state index in [4.69, 9.17) is 0 Å². The zero-order valence-electron chi connectivity index (χ0n) is 18.6. The Hall–Kier alpha value is -3.99. The zero-order valence-corrected chi connectivity index (χ0v) is 18.6. The summed E-state index contributed by atoms with van der Waals surface area (Å²) in [6, 6.07) is 24.3. The van der Waals surface area contributed by atoms with Crippen molar-refractivity contribution in [3.05, 3.63) is 112 Å². The molecule has 1 aromatic heterocycles. The van der Waals surface area contributed by atoms with Gasteiger partial charge in [0, 0.05) is 0 Å². The molecule has 0 aliphatic rings. The van der Waals surface area contributed by atoms with Crippen molar-refractivity contribution in [1.29, 1.82) is 0 Å². The third-order valence-corrected chi connectivity index (χ3v) is 5.72. The van der Waals surface area contributed by atoms with Gasteiger partial charge >= 0.3 is 5.97 Å². The molecule has 0 saturated carbocycles. The molecule has 33 heavy (non-hydrogen) atoms. The molecule has 5 heteroatoms. The molecular formula is C28H26N2O3. The van der Waals surface area contributed by atoms with E-state index < -0.39 is 5.97 Å². The number of benzene rings is 3. The highest BCUT2D eigenvalue weighted by atomic mass is 16.4. The lowest BCUT2D eigenvalue weighted by molar-refractivity contribution is 0.0697. The van der Waals surface area contributed by atoms with E-state index >= 15 is 0 Å². The maximum Gasteiger partial charge on any atom is 0.336 e. The van der Waals surface area contributed by atoms with Crippen molar-refractivity contribution in [2.75, 3.05) is 0 Å². The number of aryl methyl sites for hydroxylation is 1. The Morgan fingerprint density at radius 3 is 2.27 bits per heavy atom. The van der Waals surface area contributed by atoms with Crippen LogP contribution in [0.15, 0.2) is 90.0 Å². The fourth-order valence-corrected chi connectivity index (χ4v) is 3.98. The quantitative estimate of drug-likeness (QED) is 0.385. The Morgan fingerprint density at radius 1 is 0.909 bits per heavy atom. The van der Waals surface area contributed by atoms with Crippen LogP contribution in [0.3, 0.4) is 0 Å². The number of hydrogen-bond acceptors (Lipinski definition) is 3. The summed E-state index contributed by atoms with van der Waals surface area (Å²) in [6.07, 6.45) is 4.34. The largest absolute Gasteiger partial charge is 0.478 e. The molecule has 0 fully saturated rings. The first kappa shape index (κ1) is 22.2. The Labute approximate surface area is 193 Å². The van der Waals surface area contributed by atoms with Crippen LogP contribution in [0.4, 0.5) is 0 Å². The minimum absolute atomic E-state index is 0.0707. The Balaban J connectivity index is 1.76. The molecule has 4 rings (SSSR count). The lowest BCUT2D eigenvalue weighted by Gasteiger charge is -2.13. The van der Waals surface area contributed by atoms with E-state index in [0.717, 1.165) is 41.6 Å². The predicted octanol–water partition coefficient (Wildman–Crippen LogP) is 5.67. The van der Waals surface area contributed by atoms with E-state index in [-0.39, 0.29) is 11.1 Å². The molecule has 0 amide bonds. The van der Waals surface area contributed by atoms with Gasteiger partial charge in [-0.15, -0.1) is 0 Å². The van der Waals surface area contributed by atoms with Crippen LogP contribution in [0.5, 0.6) is 0 Å². The van der Waals surface area contributed by atoms with Gasteiger partial charge in [-0.05, 0) is 41.2 Å². The van der Waals surface area contributed by atoms with Gasteiger partial charge in [-0.2, -0.15) is 0 Å². The summed E-state index contributed by atoms with van der Waals surface area (Å²) in [5.41, 5.74) is 4.85. The van der Waals surface area contributed by atoms with Crippen molar-refractivity contribution in [3.63, 3.8) is 0 Å².